The Balaban J connectivity index is 1.51. The molecule has 29 heavy (non-hydrogen) atoms. The maximum absolute atomic E-state index is 12.5. The second-order valence-corrected chi connectivity index (χ2v) is 8.11. The molecule has 0 saturated heterocycles. The monoisotopic (exact) mass is 394 g/mol. The van der Waals surface area contributed by atoms with E-state index < -0.39 is 0 Å². The molecule has 0 bridgehead atoms. The number of likely N-dealkylation sites (N-methyl/N-ethyl adjacent to an activating group) is 1. The molecule has 5 nitrogen and oxygen atoms in total. The summed E-state index contributed by atoms with van der Waals surface area (Å²) >= 11 is 0. The van der Waals surface area contributed by atoms with E-state index in [-0.39, 0.29) is 17.9 Å². The highest BCUT2D eigenvalue weighted by atomic mass is 16.2. The number of amides is 2. The lowest BCUT2D eigenvalue weighted by atomic mass is 9.89. The lowest BCUT2D eigenvalue weighted by Crippen LogP contribution is -3.08. The number of rotatable bonds is 7. The Hall–Kier alpha value is -2.66. The van der Waals surface area contributed by atoms with Gasteiger partial charge in [-0.15, -0.1) is 0 Å². The fourth-order valence-corrected chi connectivity index (χ4v) is 4.00. The molecule has 0 aromatic heterocycles. The van der Waals surface area contributed by atoms with E-state index in [0.29, 0.717) is 12.1 Å². The van der Waals surface area contributed by atoms with Gasteiger partial charge in [0.25, 0.3) is 11.8 Å². The van der Waals surface area contributed by atoms with E-state index in [4.69, 9.17) is 0 Å². The maximum atomic E-state index is 12.5. The van der Waals surface area contributed by atoms with Crippen LogP contribution >= 0.6 is 0 Å². The minimum Gasteiger partial charge on any atom is -0.355 e. The number of fused-ring (bicyclic) bond motifs is 1. The largest absolute Gasteiger partial charge is 0.355 e. The number of carbonyl (C=O) groups excluding carboxylic acids is 2. The van der Waals surface area contributed by atoms with Gasteiger partial charge in [0.2, 0.25) is 0 Å². The molecular weight excluding hydrogens is 362 g/mol. The highest BCUT2D eigenvalue weighted by Gasteiger charge is 2.16. The lowest BCUT2D eigenvalue weighted by Gasteiger charge is -2.21. The summed E-state index contributed by atoms with van der Waals surface area (Å²) in [4.78, 5) is 25.2. The van der Waals surface area contributed by atoms with Crippen LogP contribution in [0.5, 0.6) is 0 Å². The van der Waals surface area contributed by atoms with Gasteiger partial charge in [0.05, 0.1) is 13.1 Å². The summed E-state index contributed by atoms with van der Waals surface area (Å²) in [5.74, 6) is -0.0394. The van der Waals surface area contributed by atoms with E-state index in [9.17, 15) is 9.59 Å². The van der Waals surface area contributed by atoms with Gasteiger partial charge in [0.1, 0.15) is 6.54 Å². The molecule has 0 saturated carbocycles. The fourth-order valence-electron chi connectivity index (χ4n) is 4.00. The van der Waals surface area contributed by atoms with Crippen LogP contribution in [0.15, 0.2) is 42.5 Å². The molecule has 1 aliphatic carbocycles. The minimum atomic E-state index is -0.0900. The van der Waals surface area contributed by atoms with Crippen molar-refractivity contribution in [2.24, 2.45) is 0 Å². The molecule has 1 aliphatic rings. The minimum absolute atomic E-state index is 0.00867. The van der Waals surface area contributed by atoms with Crippen molar-refractivity contribution < 1.29 is 14.5 Å². The highest BCUT2D eigenvalue weighted by Crippen LogP contribution is 2.24. The normalized spacial score (nSPS) is 15.1. The Morgan fingerprint density at radius 3 is 2.41 bits per heavy atom. The standard InChI is InChI=1S/C24H31N3O2/c1-17(21-13-12-19-6-4-5-7-22(19)14-21)26-23(28)16-27(3)15-18-8-10-20(11-9-18)24(29)25-2/h8-14,17H,4-7,15-16H2,1-3H3,(H,25,29)(H,26,28)/p+1/t17-/m0/s1. The van der Waals surface area contributed by atoms with Gasteiger partial charge in [-0.2, -0.15) is 0 Å². The predicted octanol–water partition coefficient (Wildman–Crippen LogP) is 1.82. The van der Waals surface area contributed by atoms with Gasteiger partial charge in [-0.1, -0.05) is 30.3 Å². The molecule has 5 heteroatoms. The smallest absolute Gasteiger partial charge is 0.275 e. The van der Waals surface area contributed by atoms with Crippen LogP contribution < -0.4 is 15.5 Å². The number of carbonyl (C=O) groups is 2. The Morgan fingerprint density at radius 2 is 1.72 bits per heavy atom. The van der Waals surface area contributed by atoms with Gasteiger partial charge in [0, 0.05) is 18.2 Å². The molecule has 0 radical (unpaired) electrons. The van der Waals surface area contributed by atoms with Gasteiger partial charge in [-0.05, 0) is 61.4 Å². The van der Waals surface area contributed by atoms with Crippen LogP contribution in [0.3, 0.4) is 0 Å². The van der Waals surface area contributed by atoms with Crippen molar-refractivity contribution in [3.05, 3.63) is 70.3 Å². The van der Waals surface area contributed by atoms with Crippen LogP contribution in [0.25, 0.3) is 0 Å². The van der Waals surface area contributed by atoms with Crippen molar-refractivity contribution in [1.29, 1.82) is 0 Å². The van der Waals surface area contributed by atoms with Crippen LogP contribution in [0, 0.1) is 0 Å². The van der Waals surface area contributed by atoms with Gasteiger partial charge in [0.15, 0.2) is 6.54 Å². The van der Waals surface area contributed by atoms with E-state index in [1.54, 1.807) is 7.05 Å². The number of quaternary nitrogens is 1. The van der Waals surface area contributed by atoms with E-state index in [0.717, 1.165) is 23.4 Å². The molecule has 2 aromatic carbocycles. The number of hydrogen-bond acceptors (Lipinski definition) is 2. The van der Waals surface area contributed by atoms with Crippen molar-refractivity contribution in [2.45, 2.75) is 45.2 Å². The average molecular weight is 395 g/mol. The third-order valence-electron chi connectivity index (χ3n) is 5.66. The quantitative estimate of drug-likeness (QED) is 0.671. The number of benzene rings is 2. The molecule has 2 amide bonds. The summed E-state index contributed by atoms with van der Waals surface area (Å²) in [6.45, 7) is 3.19. The van der Waals surface area contributed by atoms with Crippen LogP contribution in [0.1, 0.15) is 58.4 Å². The van der Waals surface area contributed by atoms with E-state index >= 15 is 0 Å². The van der Waals surface area contributed by atoms with Crippen molar-refractivity contribution in [3.8, 4) is 0 Å². The molecule has 3 N–H and O–H groups in total. The van der Waals surface area contributed by atoms with Crippen molar-refractivity contribution in [3.63, 3.8) is 0 Å². The molecule has 0 spiro atoms. The molecular formula is C24H32N3O2+. The second kappa shape index (κ2) is 9.70. The van der Waals surface area contributed by atoms with Gasteiger partial charge in [-0.25, -0.2) is 0 Å². The molecule has 1 unspecified atom stereocenters. The van der Waals surface area contributed by atoms with E-state index in [1.165, 1.54) is 36.0 Å². The molecule has 0 heterocycles. The summed E-state index contributed by atoms with van der Waals surface area (Å²) in [7, 11) is 3.63. The first-order valence-electron chi connectivity index (χ1n) is 10.5. The number of aryl methyl sites for hydroxylation is 2. The topological polar surface area (TPSA) is 62.6 Å². The van der Waals surface area contributed by atoms with Gasteiger partial charge in [-0.3, -0.25) is 9.59 Å². The zero-order chi connectivity index (χ0) is 20.8. The molecule has 154 valence electrons. The summed E-state index contributed by atoms with van der Waals surface area (Å²) < 4.78 is 0. The Labute approximate surface area is 173 Å². The van der Waals surface area contributed by atoms with Gasteiger partial charge >= 0.3 is 0 Å². The zero-order valence-corrected chi connectivity index (χ0v) is 17.7. The lowest BCUT2D eigenvalue weighted by molar-refractivity contribution is -0.885. The third kappa shape index (κ3) is 5.67. The molecule has 2 aromatic rings. The molecule has 3 rings (SSSR count). The fraction of sp³-hybridized carbons (Fsp3) is 0.417. The first-order valence-corrected chi connectivity index (χ1v) is 10.5. The number of hydrogen-bond donors (Lipinski definition) is 3. The Kier molecular flexibility index (Phi) is 7.04. The van der Waals surface area contributed by atoms with Crippen molar-refractivity contribution in [1.82, 2.24) is 10.6 Å². The van der Waals surface area contributed by atoms with Crippen molar-refractivity contribution in [2.75, 3.05) is 20.6 Å². The molecule has 0 fully saturated rings. The average Bonchev–Trinajstić information content (AvgIpc) is 2.73. The third-order valence-corrected chi connectivity index (χ3v) is 5.66. The number of nitrogens with one attached hydrogen (secondary N) is 3. The summed E-state index contributed by atoms with van der Waals surface area (Å²) in [6.07, 6.45) is 4.86. The predicted molar refractivity (Wildman–Crippen MR) is 115 cm³/mol. The van der Waals surface area contributed by atoms with E-state index in [2.05, 4.69) is 35.8 Å². The summed E-state index contributed by atoms with van der Waals surface area (Å²) in [5, 5.41) is 5.76. The first kappa shape index (κ1) is 21.1. The molecule has 0 aliphatic heterocycles. The van der Waals surface area contributed by atoms with Gasteiger partial charge < -0.3 is 15.5 Å². The summed E-state index contributed by atoms with van der Waals surface area (Å²) in [6, 6.07) is 14.2. The summed E-state index contributed by atoms with van der Waals surface area (Å²) in [5.41, 5.74) is 5.83. The zero-order valence-electron chi connectivity index (χ0n) is 17.7. The van der Waals surface area contributed by atoms with Crippen LogP contribution in [-0.2, 0) is 24.2 Å². The SMILES string of the molecule is CNC(=O)c1ccc(C[NH+](C)CC(=O)N[C@@H](C)c2ccc3c(c2)CCCC3)cc1. The Bertz CT molecular complexity index is 861. The van der Waals surface area contributed by atoms with Crippen molar-refractivity contribution >= 4 is 11.8 Å². The molecule has 2 atom stereocenters. The van der Waals surface area contributed by atoms with Crippen LogP contribution in [0.2, 0.25) is 0 Å². The van der Waals surface area contributed by atoms with Crippen LogP contribution in [-0.4, -0.2) is 32.5 Å². The first-order chi connectivity index (χ1) is 14.0. The Morgan fingerprint density at radius 1 is 1.03 bits per heavy atom. The maximum Gasteiger partial charge on any atom is 0.275 e. The highest BCUT2D eigenvalue weighted by molar-refractivity contribution is 5.93. The van der Waals surface area contributed by atoms with Crippen LogP contribution in [0.4, 0.5) is 0 Å². The second-order valence-electron chi connectivity index (χ2n) is 8.11. The van der Waals surface area contributed by atoms with E-state index in [1.807, 2.05) is 31.3 Å².